The van der Waals surface area contributed by atoms with Crippen LogP contribution in [0.2, 0.25) is 0 Å². The van der Waals surface area contributed by atoms with E-state index in [9.17, 15) is 23.3 Å². The van der Waals surface area contributed by atoms with E-state index in [0.717, 1.165) is 0 Å². The molecule has 1 saturated heterocycles. The van der Waals surface area contributed by atoms with E-state index >= 15 is 0 Å². The van der Waals surface area contributed by atoms with Gasteiger partial charge in [-0.1, -0.05) is 6.07 Å². The molecular weight excluding hydrogens is 386 g/mol. The number of nitrogens with zero attached hydrogens (tertiary/aromatic N) is 2. The first-order valence-electron chi connectivity index (χ1n) is 7.15. The third-order valence-corrected chi connectivity index (χ3v) is 3.80. The summed E-state index contributed by atoms with van der Waals surface area (Å²) in [5.41, 5.74) is -0.0518. The van der Waals surface area contributed by atoms with Gasteiger partial charge in [-0.2, -0.15) is 13.2 Å². The van der Waals surface area contributed by atoms with Gasteiger partial charge in [-0.25, -0.2) is 0 Å². The van der Waals surface area contributed by atoms with E-state index in [1.807, 2.05) is 0 Å². The lowest BCUT2D eigenvalue weighted by molar-refractivity contribution is -0.385. The number of nitrogens with one attached hydrogen (secondary N) is 1. The Kier molecular flexibility index (Phi) is 9.49. The molecule has 1 fully saturated rings. The summed E-state index contributed by atoms with van der Waals surface area (Å²) in [5, 5.41) is 14.2. The summed E-state index contributed by atoms with van der Waals surface area (Å²) >= 11 is 0. The molecule has 0 unspecified atom stereocenters. The van der Waals surface area contributed by atoms with Gasteiger partial charge in [0.2, 0.25) is 0 Å². The Morgan fingerprint density at radius 2 is 1.92 bits per heavy atom. The van der Waals surface area contributed by atoms with Gasteiger partial charge in [-0.3, -0.25) is 15.0 Å². The van der Waals surface area contributed by atoms with Crippen LogP contribution in [-0.2, 0) is 0 Å². The number of methoxy groups -OCH3 is 1. The van der Waals surface area contributed by atoms with Gasteiger partial charge >= 0.3 is 11.9 Å². The van der Waals surface area contributed by atoms with Gasteiger partial charge in [0.25, 0.3) is 0 Å². The Labute approximate surface area is 155 Å². The summed E-state index contributed by atoms with van der Waals surface area (Å²) in [7, 11) is 1.28. The minimum absolute atomic E-state index is 0. The molecule has 0 saturated carbocycles. The van der Waals surface area contributed by atoms with Crippen molar-refractivity contribution in [2.45, 2.75) is 18.6 Å². The molecule has 1 atom stereocenters. The number of alkyl halides is 3. The first-order valence-corrected chi connectivity index (χ1v) is 7.15. The summed E-state index contributed by atoms with van der Waals surface area (Å²) in [6.45, 7) is 2.10. The summed E-state index contributed by atoms with van der Waals surface area (Å²) < 4.78 is 43.8. The molecule has 6 nitrogen and oxygen atoms in total. The molecule has 1 aromatic carbocycles. The number of rotatable bonds is 5. The van der Waals surface area contributed by atoms with Crippen LogP contribution in [0.1, 0.15) is 18.0 Å². The molecule has 1 aromatic rings. The normalized spacial score (nSPS) is 16.3. The maximum Gasteiger partial charge on any atom is 0.390 e. The van der Waals surface area contributed by atoms with Crippen molar-refractivity contribution in [1.82, 2.24) is 10.2 Å². The predicted octanol–water partition coefficient (Wildman–Crippen LogP) is 3.35. The fourth-order valence-corrected chi connectivity index (χ4v) is 2.73. The van der Waals surface area contributed by atoms with Crippen LogP contribution in [0.5, 0.6) is 5.75 Å². The average molecular weight is 406 g/mol. The fraction of sp³-hybridized carbons (Fsp3) is 0.571. The number of hydrogen-bond donors (Lipinski definition) is 1. The number of nitro benzene ring substituents is 1. The zero-order valence-corrected chi connectivity index (χ0v) is 15.0. The van der Waals surface area contributed by atoms with E-state index in [1.165, 1.54) is 25.3 Å². The molecule has 1 aliphatic heterocycles. The maximum atomic E-state index is 13.0. The second-order valence-corrected chi connectivity index (χ2v) is 5.31. The molecule has 0 spiro atoms. The second kappa shape index (κ2) is 10.0. The van der Waals surface area contributed by atoms with Crippen molar-refractivity contribution in [1.29, 1.82) is 0 Å². The smallest absolute Gasteiger partial charge is 0.390 e. The number of halogens is 5. The number of hydrogen-bond acceptors (Lipinski definition) is 5. The SMILES string of the molecule is COc1ccc([C@H](CC(F)(F)F)N2CCNCC2)cc1[N+](=O)[O-].Cl.Cl. The standard InChI is InChI=1S/C14H18F3N3O3.2ClH/c1-23-13-3-2-10(8-11(13)20(21)22)12(9-14(15,16)17)19-6-4-18-5-7-19;;/h2-3,8,12,18H,4-7,9H2,1H3;2*1H/t12-;;/m0../s1. The van der Waals surface area contributed by atoms with Gasteiger partial charge in [0, 0.05) is 38.3 Å². The molecule has 25 heavy (non-hydrogen) atoms. The van der Waals surface area contributed by atoms with Crippen molar-refractivity contribution in [2.75, 3.05) is 33.3 Å². The topological polar surface area (TPSA) is 67.6 Å². The molecule has 1 aliphatic rings. The van der Waals surface area contributed by atoms with Gasteiger partial charge in [-0.15, -0.1) is 24.8 Å². The molecule has 11 heteroatoms. The highest BCUT2D eigenvalue weighted by Gasteiger charge is 2.36. The number of ether oxygens (including phenoxy) is 1. The third kappa shape index (κ3) is 6.50. The largest absolute Gasteiger partial charge is 0.490 e. The Hall–Kier alpha value is -1.29. The zero-order chi connectivity index (χ0) is 17.0. The Morgan fingerprint density at radius 1 is 1.32 bits per heavy atom. The lowest BCUT2D eigenvalue weighted by Crippen LogP contribution is -2.46. The van der Waals surface area contributed by atoms with Crippen molar-refractivity contribution in [3.8, 4) is 5.75 Å². The van der Waals surface area contributed by atoms with Crippen LogP contribution in [0.25, 0.3) is 0 Å². The predicted molar refractivity (Wildman–Crippen MR) is 92.0 cm³/mol. The van der Waals surface area contributed by atoms with Crippen molar-refractivity contribution in [3.63, 3.8) is 0 Å². The highest BCUT2D eigenvalue weighted by atomic mass is 35.5. The molecule has 2 rings (SSSR count). The van der Waals surface area contributed by atoms with Gasteiger partial charge < -0.3 is 10.1 Å². The Balaban J connectivity index is 0.00000288. The molecule has 1 heterocycles. The van der Waals surface area contributed by atoms with E-state index in [4.69, 9.17) is 4.74 Å². The molecule has 0 aromatic heterocycles. The van der Waals surface area contributed by atoms with Crippen LogP contribution in [0.3, 0.4) is 0 Å². The fourth-order valence-electron chi connectivity index (χ4n) is 2.73. The van der Waals surface area contributed by atoms with Gasteiger partial charge in [0.1, 0.15) is 0 Å². The first-order chi connectivity index (χ1) is 10.8. The summed E-state index contributed by atoms with van der Waals surface area (Å²) in [6.07, 6.45) is -5.40. The molecule has 0 bridgehead atoms. The van der Waals surface area contributed by atoms with Crippen molar-refractivity contribution < 1.29 is 22.8 Å². The Morgan fingerprint density at radius 3 is 2.40 bits per heavy atom. The number of nitro groups is 1. The van der Waals surface area contributed by atoms with Gasteiger partial charge in [0.05, 0.1) is 18.5 Å². The van der Waals surface area contributed by atoms with E-state index in [2.05, 4.69) is 5.32 Å². The minimum Gasteiger partial charge on any atom is -0.490 e. The van der Waals surface area contributed by atoms with E-state index < -0.39 is 23.6 Å². The van der Waals surface area contributed by atoms with Crippen molar-refractivity contribution in [2.24, 2.45) is 0 Å². The molecule has 0 radical (unpaired) electrons. The summed E-state index contributed by atoms with van der Waals surface area (Å²) in [5.74, 6) is 0.0322. The highest BCUT2D eigenvalue weighted by molar-refractivity contribution is 5.85. The second-order valence-electron chi connectivity index (χ2n) is 5.31. The molecule has 0 amide bonds. The van der Waals surface area contributed by atoms with Crippen LogP contribution in [0.15, 0.2) is 18.2 Å². The summed E-state index contributed by atoms with van der Waals surface area (Å²) in [4.78, 5) is 12.2. The lowest BCUT2D eigenvalue weighted by atomic mass is 10.00. The van der Waals surface area contributed by atoms with Crippen molar-refractivity contribution >= 4 is 30.5 Å². The number of benzene rings is 1. The number of piperazine rings is 1. The van der Waals surface area contributed by atoms with Crippen LogP contribution >= 0.6 is 24.8 Å². The van der Waals surface area contributed by atoms with Gasteiger partial charge in [-0.05, 0) is 11.6 Å². The maximum absolute atomic E-state index is 13.0. The first kappa shape index (κ1) is 23.7. The average Bonchev–Trinajstić information content (AvgIpc) is 2.52. The van der Waals surface area contributed by atoms with Gasteiger partial charge in [0.15, 0.2) is 5.75 Å². The lowest BCUT2D eigenvalue weighted by Gasteiger charge is -2.35. The minimum atomic E-state index is -4.36. The zero-order valence-electron chi connectivity index (χ0n) is 13.4. The van der Waals surface area contributed by atoms with Crippen LogP contribution < -0.4 is 10.1 Å². The molecular formula is C14H20Cl2F3N3O3. The van der Waals surface area contributed by atoms with Crippen LogP contribution in [0, 0.1) is 10.1 Å². The van der Waals surface area contributed by atoms with Crippen molar-refractivity contribution in [3.05, 3.63) is 33.9 Å². The summed E-state index contributed by atoms with van der Waals surface area (Å²) in [6, 6.07) is 3.04. The quantitative estimate of drug-likeness (QED) is 0.600. The van der Waals surface area contributed by atoms with E-state index in [1.54, 1.807) is 4.90 Å². The van der Waals surface area contributed by atoms with Crippen LogP contribution in [0.4, 0.5) is 18.9 Å². The molecule has 0 aliphatic carbocycles. The highest BCUT2D eigenvalue weighted by Crippen LogP contribution is 2.37. The Bertz CT molecular complexity index is 570. The molecule has 144 valence electrons. The van der Waals surface area contributed by atoms with E-state index in [-0.39, 0.29) is 41.8 Å². The third-order valence-electron chi connectivity index (χ3n) is 3.80. The van der Waals surface area contributed by atoms with Crippen LogP contribution in [-0.4, -0.2) is 49.3 Å². The molecule has 1 N–H and O–H groups in total. The van der Waals surface area contributed by atoms with E-state index in [0.29, 0.717) is 26.2 Å². The monoisotopic (exact) mass is 405 g/mol.